The molecular formula is C30H22FN5O3. The van der Waals surface area contributed by atoms with Gasteiger partial charge in [-0.25, -0.2) is 19.3 Å². The van der Waals surface area contributed by atoms with Gasteiger partial charge in [0.25, 0.3) is 5.56 Å². The van der Waals surface area contributed by atoms with Gasteiger partial charge in [-0.15, -0.1) is 0 Å². The Kier molecular flexibility index (Phi) is 6.30. The molecule has 0 unspecified atom stereocenters. The lowest BCUT2D eigenvalue weighted by Crippen LogP contribution is -2.14. The standard InChI is InChI=1S/C30H22FN5O3/c31-24-12-10-19(15-26-21-8-4-5-9-22(21)28(37)36-35-26)14-23(24)20-11-13-25-27(16-20)33-29(32-25)34-30(38)39-17-18-6-2-1-3-7-18/h1-14,16H,15,17H2,(H,36,37)(H2,32,33,34,38). The highest BCUT2D eigenvalue weighted by Crippen LogP contribution is 2.28. The van der Waals surface area contributed by atoms with Crippen LogP contribution < -0.4 is 10.9 Å². The van der Waals surface area contributed by atoms with Crippen molar-refractivity contribution in [3.63, 3.8) is 0 Å². The Morgan fingerprint density at radius 1 is 0.897 bits per heavy atom. The van der Waals surface area contributed by atoms with E-state index in [0.717, 1.165) is 16.5 Å². The molecule has 0 aliphatic carbocycles. The maximum absolute atomic E-state index is 14.9. The van der Waals surface area contributed by atoms with Crippen molar-refractivity contribution in [2.45, 2.75) is 13.0 Å². The van der Waals surface area contributed by atoms with Crippen molar-refractivity contribution in [3.8, 4) is 11.1 Å². The van der Waals surface area contributed by atoms with Gasteiger partial charge in [0, 0.05) is 17.4 Å². The fourth-order valence-corrected chi connectivity index (χ4v) is 4.50. The Morgan fingerprint density at radius 3 is 2.54 bits per heavy atom. The van der Waals surface area contributed by atoms with Crippen LogP contribution in [0, 0.1) is 5.82 Å². The summed E-state index contributed by atoms with van der Waals surface area (Å²) in [5, 5.41) is 10.7. The molecule has 0 aliphatic heterocycles. The fraction of sp³-hybridized carbons (Fsp3) is 0.0667. The number of rotatable bonds is 6. The van der Waals surface area contributed by atoms with Crippen molar-refractivity contribution in [1.29, 1.82) is 0 Å². The van der Waals surface area contributed by atoms with Gasteiger partial charge >= 0.3 is 6.09 Å². The van der Waals surface area contributed by atoms with Gasteiger partial charge in [0.05, 0.1) is 22.1 Å². The molecule has 192 valence electrons. The summed E-state index contributed by atoms with van der Waals surface area (Å²) < 4.78 is 20.2. The molecule has 0 aliphatic rings. The van der Waals surface area contributed by atoms with Gasteiger partial charge in [-0.05, 0) is 47.0 Å². The second-order valence-corrected chi connectivity index (χ2v) is 9.04. The molecule has 0 spiro atoms. The molecule has 2 aromatic heterocycles. The second kappa shape index (κ2) is 10.2. The minimum Gasteiger partial charge on any atom is -0.444 e. The van der Waals surface area contributed by atoms with Gasteiger partial charge < -0.3 is 9.72 Å². The van der Waals surface area contributed by atoms with Gasteiger partial charge in [0.15, 0.2) is 0 Å². The summed E-state index contributed by atoms with van der Waals surface area (Å²) in [6, 6.07) is 26.8. The molecular weight excluding hydrogens is 497 g/mol. The lowest BCUT2D eigenvalue weighted by molar-refractivity contribution is 0.155. The number of halogens is 1. The van der Waals surface area contributed by atoms with Crippen LogP contribution in [0.1, 0.15) is 16.8 Å². The average molecular weight is 520 g/mol. The van der Waals surface area contributed by atoms with Crippen LogP contribution in [-0.4, -0.2) is 26.3 Å². The first kappa shape index (κ1) is 24.1. The number of aromatic nitrogens is 4. The third-order valence-electron chi connectivity index (χ3n) is 6.40. The molecule has 0 saturated heterocycles. The van der Waals surface area contributed by atoms with Crippen LogP contribution >= 0.6 is 0 Å². The van der Waals surface area contributed by atoms with E-state index in [4.69, 9.17) is 4.74 Å². The number of carbonyl (C=O) groups excluding carboxylic acids is 1. The van der Waals surface area contributed by atoms with E-state index >= 15 is 0 Å². The molecule has 3 N–H and O–H groups in total. The van der Waals surface area contributed by atoms with Crippen LogP contribution in [0.4, 0.5) is 15.1 Å². The molecule has 0 atom stereocenters. The number of hydrogen-bond donors (Lipinski definition) is 3. The fourth-order valence-electron chi connectivity index (χ4n) is 4.50. The number of imidazole rings is 1. The molecule has 0 fully saturated rings. The Bertz CT molecular complexity index is 1880. The third kappa shape index (κ3) is 5.10. The molecule has 2 heterocycles. The molecule has 6 rings (SSSR count). The highest BCUT2D eigenvalue weighted by atomic mass is 19.1. The number of ether oxygens (including phenoxy) is 1. The number of anilines is 1. The number of nitrogens with zero attached hydrogens (tertiary/aromatic N) is 2. The number of carbonyl (C=O) groups is 1. The number of hydrogen-bond acceptors (Lipinski definition) is 5. The molecule has 4 aromatic carbocycles. The first-order valence-electron chi connectivity index (χ1n) is 12.3. The number of H-pyrrole nitrogens is 2. The average Bonchev–Trinajstić information content (AvgIpc) is 3.36. The molecule has 8 nitrogen and oxygen atoms in total. The Labute approximate surface area is 221 Å². The van der Waals surface area contributed by atoms with Crippen LogP contribution in [0.15, 0.2) is 95.8 Å². The first-order valence-corrected chi connectivity index (χ1v) is 12.3. The molecule has 0 bridgehead atoms. The van der Waals surface area contributed by atoms with E-state index in [1.165, 1.54) is 6.07 Å². The van der Waals surface area contributed by atoms with E-state index in [2.05, 4.69) is 25.5 Å². The summed E-state index contributed by atoms with van der Waals surface area (Å²) in [4.78, 5) is 31.8. The summed E-state index contributed by atoms with van der Waals surface area (Å²) in [7, 11) is 0. The number of benzene rings is 4. The van der Waals surface area contributed by atoms with Crippen molar-refractivity contribution in [2.24, 2.45) is 0 Å². The molecule has 9 heteroatoms. The maximum Gasteiger partial charge on any atom is 0.414 e. The van der Waals surface area contributed by atoms with E-state index in [1.54, 1.807) is 42.5 Å². The number of aromatic amines is 2. The van der Waals surface area contributed by atoms with Crippen molar-refractivity contribution in [1.82, 2.24) is 20.2 Å². The van der Waals surface area contributed by atoms with E-state index in [1.807, 2.05) is 42.5 Å². The largest absolute Gasteiger partial charge is 0.444 e. The quantitative estimate of drug-likeness (QED) is 0.252. The normalized spacial score (nSPS) is 11.1. The van der Waals surface area contributed by atoms with E-state index in [0.29, 0.717) is 39.7 Å². The van der Waals surface area contributed by atoms with Crippen LogP contribution in [0.5, 0.6) is 0 Å². The summed E-state index contributed by atoms with van der Waals surface area (Å²) in [5.41, 5.74) is 4.45. The summed E-state index contributed by atoms with van der Waals surface area (Å²) >= 11 is 0. The van der Waals surface area contributed by atoms with E-state index in [9.17, 15) is 14.0 Å². The SMILES string of the molecule is O=C(Nc1nc2ccc(-c3cc(Cc4n[nH]c(=O)c5ccccc45)ccc3F)cc2[nH]1)OCc1ccccc1. The molecule has 0 saturated carbocycles. The summed E-state index contributed by atoms with van der Waals surface area (Å²) in [6.07, 6.45) is -0.226. The summed E-state index contributed by atoms with van der Waals surface area (Å²) in [5.74, 6) is -0.148. The smallest absolute Gasteiger partial charge is 0.414 e. The van der Waals surface area contributed by atoms with Gasteiger partial charge in [0.1, 0.15) is 12.4 Å². The maximum atomic E-state index is 14.9. The molecule has 6 aromatic rings. The minimum atomic E-state index is -0.639. The number of nitrogens with one attached hydrogen (secondary N) is 3. The lowest BCUT2D eigenvalue weighted by atomic mass is 9.98. The van der Waals surface area contributed by atoms with Gasteiger partial charge in [0.2, 0.25) is 5.95 Å². The zero-order chi connectivity index (χ0) is 26.8. The van der Waals surface area contributed by atoms with Crippen LogP contribution in [0.25, 0.3) is 32.9 Å². The van der Waals surface area contributed by atoms with Crippen LogP contribution in [0.3, 0.4) is 0 Å². The zero-order valence-electron chi connectivity index (χ0n) is 20.6. The van der Waals surface area contributed by atoms with Gasteiger partial charge in [-0.2, -0.15) is 5.10 Å². The zero-order valence-corrected chi connectivity index (χ0v) is 20.6. The van der Waals surface area contributed by atoms with Crippen molar-refractivity contribution in [3.05, 3.63) is 124 Å². The lowest BCUT2D eigenvalue weighted by Gasteiger charge is -2.09. The number of amides is 1. The van der Waals surface area contributed by atoms with Gasteiger partial charge in [-0.3, -0.25) is 10.1 Å². The Hall–Kier alpha value is -5.31. The monoisotopic (exact) mass is 519 g/mol. The first-order chi connectivity index (χ1) is 19.0. The van der Waals surface area contributed by atoms with Crippen molar-refractivity contribution >= 4 is 33.8 Å². The topological polar surface area (TPSA) is 113 Å². The third-order valence-corrected chi connectivity index (χ3v) is 6.40. The minimum absolute atomic E-state index is 0.136. The molecule has 39 heavy (non-hydrogen) atoms. The highest BCUT2D eigenvalue weighted by molar-refractivity contribution is 5.88. The molecule has 0 radical (unpaired) electrons. The van der Waals surface area contributed by atoms with Gasteiger partial charge in [-0.1, -0.05) is 60.7 Å². The van der Waals surface area contributed by atoms with Crippen molar-refractivity contribution < 1.29 is 13.9 Å². The van der Waals surface area contributed by atoms with E-state index in [-0.39, 0.29) is 23.9 Å². The predicted molar refractivity (Wildman–Crippen MR) is 147 cm³/mol. The second-order valence-electron chi connectivity index (χ2n) is 9.04. The van der Waals surface area contributed by atoms with Crippen molar-refractivity contribution in [2.75, 3.05) is 5.32 Å². The Morgan fingerprint density at radius 2 is 1.69 bits per heavy atom. The summed E-state index contributed by atoms with van der Waals surface area (Å²) in [6.45, 7) is 0.136. The van der Waals surface area contributed by atoms with Crippen LogP contribution in [0.2, 0.25) is 0 Å². The molecule has 1 amide bonds. The number of fused-ring (bicyclic) bond motifs is 2. The highest BCUT2D eigenvalue weighted by Gasteiger charge is 2.13. The van der Waals surface area contributed by atoms with E-state index < -0.39 is 6.09 Å². The predicted octanol–water partition coefficient (Wildman–Crippen LogP) is 5.95. The van der Waals surface area contributed by atoms with Crippen LogP contribution in [-0.2, 0) is 17.8 Å². The Balaban J connectivity index is 1.23.